The minimum Gasteiger partial charge on any atom is -0.291 e. The molecule has 0 aliphatic rings. The van der Waals surface area contributed by atoms with Crippen LogP contribution in [0.1, 0.15) is 12.4 Å². The van der Waals surface area contributed by atoms with E-state index in [0.717, 1.165) is 6.20 Å². The fourth-order valence-electron chi connectivity index (χ4n) is 1.33. The van der Waals surface area contributed by atoms with Crippen LogP contribution < -0.4 is 5.56 Å². The molecule has 0 saturated carbocycles. The van der Waals surface area contributed by atoms with Crippen LogP contribution in [0.2, 0.25) is 0 Å². The van der Waals surface area contributed by atoms with Gasteiger partial charge in [0.25, 0.3) is 5.56 Å². The molecule has 17 heavy (non-hydrogen) atoms. The molecule has 0 unspecified atom stereocenters. The lowest BCUT2D eigenvalue weighted by Gasteiger charge is -2.07. The van der Waals surface area contributed by atoms with Crippen LogP contribution in [-0.4, -0.2) is 19.1 Å². The van der Waals surface area contributed by atoms with E-state index in [9.17, 15) is 13.6 Å². The minimum atomic E-state index is -2.68. The molecule has 0 fully saturated rings. The van der Waals surface area contributed by atoms with Gasteiger partial charge in [-0.3, -0.25) is 13.9 Å². The van der Waals surface area contributed by atoms with Gasteiger partial charge in [0.1, 0.15) is 10.3 Å². The Morgan fingerprint density at radius 2 is 2.24 bits per heavy atom. The van der Waals surface area contributed by atoms with E-state index in [0.29, 0.717) is 4.57 Å². The van der Waals surface area contributed by atoms with E-state index >= 15 is 0 Å². The number of imidazole rings is 1. The highest BCUT2D eigenvalue weighted by molar-refractivity contribution is 9.10. The summed E-state index contributed by atoms with van der Waals surface area (Å²) in [6.07, 6.45) is 5.05. The summed E-state index contributed by atoms with van der Waals surface area (Å²) in [5.74, 6) is 0.0991. The highest BCUT2D eigenvalue weighted by atomic mass is 79.9. The molecular weight excluding hydrogens is 298 g/mol. The van der Waals surface area contributed by atoms with Crippen LogP contribution in [0.3, 0.4) is 0 Å². The summed E-state index contributed by atoms with van der Waals surface area (Å²) in [7, 11) is 0. The molecular formula is C9H7BrF2N4O. The van der Waals surface area contributed by atoms with Gasteiger partial charge in [-0.15, -0.1) is 0 Å². The van der Waals surface area contributed by atoms with Crippen molar-refractivity contribution in [3.05, 3.63) is 45.6 Å². The maximum atomic E-state index is 12.6. The number of halogens is 3. The van der Waals surface area contributed by atoms with Gasteiger partial charge in [0.2, 0.25) is 0 Å². The molecule has 90 valence electrons. The van der Waals surface area contributed by atoms with E-state index in [1.54, 1.807) is 0 Å². The Balaban J connectivity index is 2.35. The first-order valence-corrected chi connectivity index (χ1v) is 5.38. The second-order valence-corrected chi connectivity index (χ2v) is 4.06. The van der Waals surface area contributed by atoms with Crippen molar-refractivity contribution in [3.8, 4) is 0 Å². The molecule has 0 N–H and O–H groups in total. The Bertz CT molecular complexity index is 580. The highest BCUT2D eigenvalue weighted by Gasteiger charge is 2.12. The number of nitrogens with zero attached hydrogens (tertiary/aromatic N) is 4. The number of hydrogen-bond acceptors (Lipinski definition) is 3. The van der Waals surface area contributed by atoms with Gasteiger partial charge >= 0.3 is 6.55 Å². The smallest absolute Gasteiger partial charge is 0.291 e. The zero-order valence-electron chi connectivity index (χ0n) is 8.42. The summed E-state index contributed by atoms with van der Waals surface area (Å²) >= 11 is 3.03. The SMILES string of the molecule is O=c1c(Br)cncn1Cc1nccn1C(F)F. The summed E-state index contributed by atoms with van der Waals surface area (Å²) in [4.78, 5) is 19.2. The van der Waals surface area contributed by atoms with Gasteiger partial charge in [-0.25, -0.2) is 9.97 Å². The number of hydrogen-bond donors (Lipinski definition) is 0. The van der Waals surface area contributed by atoms with E-state index in [4.69, 9.17) is 0 Å². The Morgan fingerprint density at radius 1 is 1.47 bits per heavy atom. The van der Waals surface area contributed by atoms with Gasteiger partial charge < -0.3 is 0 Å². The lowest BCUT2D eigenvalue weighted by molar-refractivity contribution is 0.0666. The Kier molecular flexibility index (Phi) is 3.32. The van der Waals surface area contributed by atoms with Gasteiger partial charge in [-0.2, -0.15) is 8.78 Å². The van der Waals surface area contributed by atoms with Crippen molar-refractivity contribution in [2.75, 3.05) is 0 Å². The quantitative estimate of drug-likeness (QED) is 0.866. The fourth-order valence-corrected chi connectivity index (χ4v) is 1.68. The van der Waals surface area contributed by atoms with Crippen LogP contribution in [0.4, 0.5) is 8.78 Å². The normalized spacial score (nSPS) is 11.1. The molecule has 0 amide bonds. The van der Waals surface area contributed by atoms with Crippen molar-refractivity contribution in [2.24, 2.45) is 0 Å². The summed E-state index contributed by atoms with van der Waals surface area (Å²) in [6, 6.07) is 0. The third kappa shape index (κ3) is 2.41. The average molecular weight is 305 g/mol. The molecule has 0 saturated heterocycles. The minimum absolute atomic E-state index is 0.0530. The van der Waals surface area contributed by atoms with E-state index < -0.39 is 6.55 Å². The lowest BCUT2D eigenvalue weighted by Crippen LogP contribution is -2.23. The van der Waals surface area contributed by atoms with Crippen molar-refractivity contribution in [1.29, 1.82) is 0 Å². The average Bonchev–Trinajstić information content (AvgIpc) is 2.73. The second kappa shape index (κ2) is 4.74. The summed E-state index contributed by atoms with van der Waals surface area (Å²) in [5.41, 5.74) is -0.344. The summed E-state index contributed by atoms with van der Waals surface area (Å²) < 4.78 is 27.3. The van der Waals surface area contributed by atoms with Crippen LogP contribution in [0.25, 0.3) is 0 Å². The Morgan fingerprint density at radius 3 is 2.94 bits per heavy atom. The molecule has 0 spiro atoms. The molecule has 0 bridgehead atoms. The zero-order chi connectivity index (χ0) is 12.4. The van der Waals surface area contributed by atoms with E-state index in [1.807, 2.05) is 0 Å². The summed E-state index contributed by atoms with van der Waals surface area (Å²) in [6.45, 7) is -2.73. The van der Waals surface area contributed by atoms with E-state index in [-0.39, 0.29) is 22.4 Å². The third-order valence-corrected chi connectivity index (χ3v) is 2.67. The molecule has 0 radical (unpaired) electrons. The van der Waals surface area contributed by atoms with Crippen molar-refractivity contribution in [2.45, 2.75) is 13.1 Å². The highest BCUT2D eigenvalue weighted by Crippen LogP contribution is 2.12. The predicted molar refractivity (Wildman–Crippen MR) is 58.8 cm³/mol. The molecule has 5 nitrogen and oxygen atoms in total. The predicted octanol–water partition coefficient (Wildman–Crippen LogP) is 1.65. The van der Waals surface area contributed by atoms with Crippen molar-refractivity contribution >= 4 is 15.9 Å². The molecule has 0 atom stereocenters. The molecule has 8 heteroatoms. The van der Waals surface area contributed by atoms with Gasteiger partial charge in [-0.05, 0) is 15.9 Å². The van der Waals surface area contributed by atoms with E-state index in [2.05, 4.69) is 25.9 Å². The van der Waals surface area contributed by atoms with Crippen LogP contribution in [0.15, 0.2) is 34.2 Å². The molecule has 0 aliphatic carbocycles. The maximum absolute atomic E-state index is 12.6. The van der Waals surface area contributed by atoms with Crippen molar-refractivity contribution < 1.29 is 8.78 Å². The van der Waals surface area contributed by atoms with Gasteiger partial charge in [-0.1, -0.05) is 0 Å². The number of alkyl halides is 2. The number of aromatic nitrogens is 4. The molecule has 0 aliphatic heterocycles. The first kappa shape index (κ1) is 11.9. The Hall–Kier alpha value is -1.57. The number of rotatable bonds is 3. The first-order valence-electron chi connectivity index (χ1n) is 4.59. The molecule has 2 aromatic heterocycles. The largest absolute Gasteiger partial charge is 0.319 e. The van der Waals surface area contributed by atoms with Crippen molar-refractivity contribution in [3.63, 3.8) is 0 Å². The Labute approximate surface area is 103 Å². The van der Waals surface area contributed by atoms with Crippen LogP contribution in [0.5, 0.6) is 0 Å². The topological polar surface area (TPSA) is 52.7 Å². The first-order chi connectivity index (χ1) is 8.09. The molecule has 0 aromatic carbocycles. The molecule has 2 aromatic rings. The summed E-state index contributed by atoms with van der Waals surface area (Å²) in [5, 5.41) is 0. The van der Waals surface area contributed by atoms with E-state index in [1.165, 1.54) is 23.3 Å². The monoisotopic (exact) mass is 304 g/mol. The second-order valence-electron chi connectivity index (χ2n) is 3.20. The van der Waals surface area contributed by atoms with Gasteiger partial charge in [0, 0.05) is 18.6 Å². The van der Waals surface area contributed by atoms with Gasteiger partial charge in [0.05, 0.1) is 12.9 Å². The lowest BCUT2D eigenvalue weighted by atomic mass is 10.5. The zero-order valence-corrected chi connectivity index (χ0v) is 10.0. The molecule has 2 rings (SSSR count). The van der Waals surface area contributed by atoms with Crippen molar-refractivity contribution in [1.82, 2.24) is 19.1 Å². The molecule has 2 heterocycles. The maximum Gasteiger partial charge on any atom is 0.319 e. The van der Waals surface area contributed by atoms with Crippen LogP contribution in [-0.2, 0) is 6.54 Å². The van der Waals surface area contributed by atoms with Gasteiger partial charge in [0.15, 0.2) is 0 Å². The third-order valence-electron chi connectivity index (χ3n) is 2.13. The van der Waals surface area contributed by atoms with Crippen LogP contribution >= 0.6 is 15.9 Å². The fraction of sp³-hybridized carbons (Fsp3) is 0.222. The standard InChI is InChI=1S/C9H7BrF2N4O/c10-6-3-13-5-15(8(6)17)4-7-14-1-2-16(7)9(11)12/h1-3,5,9H,4H2. The van der Waals surface area contributed by atoms with Crippen LogP contribution in [0, 0.1) is 0 Å².